The third kappa shape index (κ3) is 19.5. The standard InChI is InChI=1S/C23H42/c1-4-6-8-9-10-11-12-13-14-15-16-17-18-19-20-22-23(3)21-7-5-2/h23H,1-2,4-14,17-22H2,3H3. The summed E-state index contributed by atoms with van der Waals surface area (Å²) in [5, 5.41) is 0. The lowest BCUT2D eigenvalue weighted by molar-refractivity contribution is 0.450. The summed E-state index contributed by atoms with van der Waals surface area (Å²) in [6, 6.07) is 0. The van der Waals surface area contributed by atoms with Gasteiger partial charge in [0.2, 0.25) is 0 Å². The topological polar surface area (TPSA) is 0 Å². The highest BCUT2D eigenvalue weighted by Crippen LogP contribution is 2.16. The van der Waals surface area contributed by atoms with Crippen molar-refractivity contribution in [3.05, 3.63) is 13.8 Å². The van der Waals surface area contributed by atoms with Crippen LogP contribution in [0.3, 0.4) is 0 Å². The van der Waals surface area contributed by atoms with E-state index in [0.29, 0.717) is 0 Å². The molecular formula is C23H42. The lowest BCUT2D eigenvalue weighted by Gasteiger charge is -2.09. The second-order valence-corrected chi connectivity index (χ2v) is 7.13. The van der Waals surface area contributed by atoms with E-state index in [-0.39, 0.29) is 0 Å². The van der Waals surface area contributed by atoms with Gasteiger partial charge in [0.1, 0.15) is 0 Å². The highest BCUT2D eigenvalue weighted by atomic mass is 14.1. The maximum atomic E-state index is 3.92. The maximum absolute atomic E-state index is 3.92. The SMILES string of the molecule is [CH2]CCCCCCCCCC#CCCCCCC(C)CCC[CH2]. The molecule has 0 spiro atoms. The molecule has 0 heteroatoms. The van der Waals surface area contributed by atoms with Crippen molar-refractivity contribution in [2.45, 2.75) is 116 Å². The van der Waals surface area contributed by atoms with Crippen LogP contribution in [0.2, 0.25) is 0 Å². The van der Waals surface area contributed by atoms with Gasteiger partial charge in [-0.05, 0) is 18.8 Å². The summed E-state index contributed by atoms with van der Waals surface area (Å²) in [6.07, 6.45) is 22.0. The average molecular weight is 319 g/mol. The van der Waals surface area contributed by atoms with Gasteiger partial charge in [0.15, 0.2) is 0 Å². The van der Waals surface area contributed by atoms with Gasteiger partial charge in [-0.15, -0.1) is 11.8 Å². The molecule has 0 aliphatic carbocycles. The molecule has 1 unspecified atom stereocenters. The molecule has 0 aliphatic rings. The van der Waals surface area contributed by atoms with Crippen LogP contribution in [0.15, 0.2) is 0 Å². The predicted molar refractivity (Wildman–Crippen MR) is 106 cm³/mol. The molecule has 0 N–H and O–H groups in total. The van der Waals surface area contributed by atoms with Crippen molar-refractivity contribution < 1.29 is 0 Å². The highest BCUT2D eigenvalue weighted by molar-refractivity contribution is 4.98. The molecule has 1 atom stereocenters. The summed E-state index contributed by atoms with van der Waals surface area (Å²) in [4.78, 5) is 0. The quantitative estimate of drug-likeness (QED) is 0.200. The van der Waals surface area contributed by atoms with Crippen LogP contribution in [-0.2, 0) is 0 Å². The van der Waals surface area contributed by atoms with Crippen molar-refractivity contribution >= 4 is 0 Å². The lowest BCUT2D eigenvalue weighted by atomic mass is 9.97. The Balaban J connectivity index is 3.18. The van der Waals surface area contributed by atoms with Gasteiger partial charge >= 0.3 is 0 Å². The van der Waals surface area contributed by atoms with Crippen molar-refractivity contribution in [3.8, 4) is 11.8 Å². The molecule has 0 saturated carbocycles. The van der Waals surface area contributed by atoms with E-state index in [4.69, 9.17) is 0 Å². The number of rotatable bonds is 16. The third-order valence-electron chi connectivity index (χ3n) is 4.62. The molecule has 0 rings (SSSR count). The molecule has 0 aliphatic heterocycles. The van der Waals surface area contributed by atoms with Crippen LogP contribution in [0.25, 0.3) is 0 Å². The van der Waals surface area contributed by atoms with Crippen LogP contribution in [0.4, 0.5) is 0 Å². The summed E-state index contributed by atoms with van der Waals surface area (Å²) in [6.45, 7) is 10.2. The van der Waals surface area contributed by atoms with E-state index in [1.54, 1.807) is 0 Å². The molecule has 0 fully saturated rings. The van der Waals surface area contributed by atoms with Gasteiger partial charge in [-0.2, -0.15) is 0 Å². The average Bonchev–Trinajstić information content (AvgIpc) is 2.56. The Morgan fingerprint density at radius 2 is 1.00 bits per heavy atom. The number of hydrogen-bond acceptors (Lipinski definition) is 0. The molecule has 0 aromatic rings. The van der Waals surface area contributed by atoms with E-state index >= 15 is 0 Å². The van der Waals surface area contributed by atoms with Crippen molar-refractivity contribution in [2.75, 3.05) is 0 Å². The zero-order valence-electron chi connectivity index (χ0n) is 16.0. The minimum absolute atomic E-state index is 0.890. The molecule has 0 nitrogen and oxygen atoms in total. The molecule has 0 heterocycles. The molecule has 2 radical (unpaired) electrons. The van der Waals surface area contributed by atoms with Crippen LogP contribution in [-0.4, -0.2) is 0 Å². The molecular weight excluding hydrogens is 276 g/mol. The molecule has 0 amide bonds. The fourth-order valence-electron chi connectivity index (χ4n) is 2.97. The first-order valence-corrected chi connectivity index (χ1v) is 10.4. The summed E-state index contributed by atoms with van der Waals surface area (Å²) in [5.74, 6) is 7.61. The van der Waals surface area contributed by atoms with Crippen molar-refractivity contribution in [1.82, 2.24) is 0 Å². The van der Waals surface area contributed by atoms with Gasteiger partial charge in [0.05, 0.1) is 0 Å². The summed E-state index contributed by atoms with van der Waals surface area (Å²) in [5.41, 5.74) is 0. The van der Waals surface area contributed by atoms with E-state index in [9.17, 15) is 0 Å². The van der Waals surface area contributed by atoms with Crippen LogP contribution in [0.5, 0.6) is 0 Å². The van der Waals surface area contributed by atoms with Crippen molar-refractivity contribution in [3.63, 3.8) is 0 Å². The third-order valence-corrected chi connectivity index (χ3v) is 4.62. The maximum Gasteiger partial charge on any atom is 0.00886 e. The van der Waals surface area contributed by atoms with Crippen LogP contribution < -0.4 is 0 Å². The lowest BCUT2D eigenvalue weighted by Crippen LogP contribution is -1.94. The van der Waals surface area contributed by atoms with Gasteiger partial charge < -0.3 is 0 Å². The molecule has 0 saturated heterocycles. The van der Waals surface area contributed by atoms with Crippen molar-refractivity contribution in [1.29, 1.82) is 0 Å². The van der Waals surface area contributed by atoms with Gasteiger partial charge in [-0.25, -0.2) is 0 Å². The summed E-state index contributed by atoms with van der Waals surface area (Å²) in [7, 11) is 0. The molecule has 0 aromatic carbocycles. The fourth-order valence-corrected chi connectivity index (χ4v) is 2.97. The molecule has 0 aromatic heterocycles. The van der Waals surface area contributed by atoms with Crippen molar-refractivity contribution in [2.24, 2.45) is 5.92 Å². The largest absolute Gasteiger partial charge is 0.103 e. The summed E-state index contributed by atoms with van der Waals surface area (Å²) < 4.78 is 0. The Bertz CT molecular complexity index is 267. The Hall–Kier alpha value is -0.440. The summed E-state index contributed by atoms with van der Waals surface area (Å²) >= 11 is 0. The Morgan fingerprint density at radius 1 is 0.565 bits per heavy atom. The van der Waals surface area contributed by atoms with Gasteiger partial charge in [-0.1, -0.05) is 104 Å². The minimum Gasteiger partial charge on any atom is -0.103 e. The molecule has 0 bridgehead atoms. The first-order valence-electron chi connectivity index (χ1n) is 10.4. The van der Waals surface area contributed by atoms with Crippen LogP contribution >= 0.6 is 0 Å². The Kier molecular flexibility index (Phi) is 19.2. The van der Waals surface area contributed by atoms with Gasteiger partial charge in [0, 0.05) is 12.8 Å². The van der Waals surface area contributed by atoms with Crippen LogP contribution in [0, 0.1) is 31.6 Å². The van der Waals surface area contributed by atoms with E-state index in [0.717, 1.165) is 31.6 Å². The van der Waals surface area contributed by atoms with E-state index in [2.05, 4.69) is 32.6 Å². The second kappa shape index (κ2) is 19.6. The van der Waals surface area contributed by atoms with Gasteiger partial charge in [0.25, 0.3) is 0 Å². The van der Waals surface area contributed by atoms with E-state index < -0.39 is 0 Å². The normalized spacial score (nSPS) is 12.0. The predicted octanol–water partition coefficient (Wildman–Crippen LogP) is 7.93. The van der Waals surface area contributed by atoms with Gasteiger partial charge in [-0.3, -0.25) is 0 Å². The first-order chi connectivity index (χ1) is 11.3. The molecule has 134 valence electrons. The fraction of sp³-hybridized carbons (Fsp3) is 0.826. The highest BCUT2D eigenvalue weighted by Gasteiger charge is 2.00. The first kappa shape index (κ1) is 22.6. The second-order valence-electron chi connectivity index (χ2n) is 7.13. The Labute approximate surface area is 148 Å². The number of hydrogen-bond donors (Lipinski definition) is 0. The molecule has 23 heavy (non-hydrogen) atoms. The number of unbranched alkanes of at least 4 members (excludes halogenated alkanes) is 12. The van der Waals surface area contributed by atoms with E-state index in [1.807, 2.05) is 0 Å². The van der Waals surface area contributed by atoms with Crippen LogP contribution in [0.1, 0.15) is 116 Å². The minimum atomic E-state index is 0.890. The zero-order chi connectivity index (χ0) is 17.0. The Morgan fingerprint density at radius 3 is 1.57 bits per heavy atom. The van der Waals surface area contributed by atoms with E-state index in [1.165, 1.54) is 83.5 Å². The zero-order valence-corrected chi connectivity index (χ0v) is 16.0. The smallest absolute Gasteiger partial charge is 0.00886 e. The monoisotopic (exact) mass is 318 g/mol.